The first-order valence-electron chi connectivity index (χ1n) is 39.0. The van der Waals surface area contributed by atoms with Crippen LogP contribution in [0.1, 0.15) is 103 Å². The van der Waals surface area contributed by atoms with Crippen molar-refractivity contribution in [3.63, 3.8) is 0 Å². The van der Waals surface area contributed by atoms with Crippen molar-refractivity contribution in [1.29, 1.82) is 0 Å². The Hall–Kier alpha value is -10.7. The summed E-state index contributed by atoms with van der Waals surface area (Å²) in [5.41, 5.74) is 34.0. The summed E-state index contributed by atoms with van der Waals surface area (Å²) in [6.07, 6.45) is 26.9. The molecule has 105 heavy (non-hydrogen) atoms. The lowest BCUT2D eigenvalue weighted by Gasteiger charge is -2.33. The fourth-order valence-electron chi connectivity index (χ4n) is 20.3. The van der Waals surface area contributed by atoms with Crippen LogP contribution in [-0.2, 0) is 38.5 Å². The summed E-state index contributed by atoms with van der Waals surface area (Å²) in [6.45, 7) is 0. The monoisotopic (exact) mass is 1380 g/mol. The van der Waals surface area contributed by atoms with Crippen molar-refractivity contribution in [3.8, 4) is 83.6 Å². The van der Waals surface area contributed by atoms with Gasteiger partial charge < -0.3 is 4.57 Å². The zero-order valence-corrected chi connectivity index (χ0v) is 60.8. The van der Waals surface area contributed by atoms with Crippen molar-refractivity contribution >= 4 is 112 Å². The molecule has 1 fully saturated rings. The van der Waals surface area contributed by atoms with E-state index in [0.717, 1.165) is 37.8 Å². The van der Waals surface area contributed by atoms with Crippen molar-refractivity contribution < 1.29 is 0 Å². The third-order valence-electron chi connectivity index (χ3n) is 25.2. The Morgan fingerprint density at radius 1 is 0.286 bits per heavy atom. The average Bonchev–Trinajstić information content (AvgIpc) is 1.63. The fraction of sp³-hybridized carbons (Fsp3) is 0.176. The third-order valence-corrected chi connectivity index (χ3v) is 27.7. The van der Waals surface area contributed by atoms with E-state index in [9.17, 15) is 0 Å². The highest BCUT2D eigenvalue weighted by atomic mass is 32.1. The van der Waals surface area contributed by atoms with E-state index in [-0.39, 0.29) is 0 Å². The molecular weight excluding hydrogens is 1300 g/mol. The normalized spacial score (nSPS) is 16.6. The lowest BCUT2D eigenvalue weighted by Crippen LogP contribution is -2.20. The molecule has 5 aliphatic carbocycles. The number of hydrogen-bond acceptors (Lipinski definition) is 2. The molecule has 0 spiro atoms. The second-order valence-electron chi connectivity index (χ2n) is 31.0. The minimum Gasteiger partial charge on any atom is -0.309 e. The van der Waals surface area contributed by atoms with Crippen LogP contribution in [0.5, 0.6) is 0 Å². The van der Waals surface area contributed by atoms with Gasteiger partial charge in [-0.3, -0.25) is 0 Å². The highest BCUT2D eigenvalue weighted by Crippen LogP contribution is 2.52. The van der Waals surface area contributed by atoms with Crippen LogP contribution in [0.15, 0.2) is 273 Å². The highest BCUT2D eigenvalue weighted by Gasteiger charge is 2.31. The van der Waals surface area contributed by atoms with Gasteiger partial charge in [0.2, 0.25) is 0 Å². The molecule has 3 heteroatoms. The minimum atomic E-state index is 0.589. The van der Waals surface area contributed by atoms with Gasteiger partial charge in [-0.25, -0.2) is 0 Å². The van der Waals surface area contributed by atoms with Crippen molar-refractivity contribution in [2.45, 2.75) is 103 Å². The highest BCUT2D eigenvalue weighted by molar-refractivity contribution is 7.26. The van der Waals surface area contributed by atoms with Gasteiger partial charge in [-0.1, -0.05) is 201 Å². The van der Waals surface area contributed by atoms with Gasteiger partial charge in [-0.05, 0) is 319 Å². The van der Waals surface area contributed by atoms with Gasteiger partial charge in [0.25, 0.3) is 0 Å². The molecule has 0 saturated heterocycles. The molecule has 0 amide bonds. The molecule has 0 aliphatic heterocycles. The van der Waals surface area contributed by atoms with Gasteiger partial charge >= 0.3 is 0 Å². The second kappa shape index (κ2) is 25.0. The Balaban J connectivity index is 0.771. The summed E-state index contributed by atoms with van der Waals surface area (Å²) in [6, 6.07) is 100. The van der Waals surface area contributed by atoms with E-state index in [4.69, 9.17) is 0 Å². The van der Waals surface area contributed by atoms with E-state index in [2.05, 4.69) is 278 Å². The molecule has 22 rings (SSSR count). The molecule has 0 bridgehead atoms. The van der Waals surface area contributed by atoms with Gasteiger partial charge in [-0.2, -0.15) is 0 Å². The summed E-state index contributed by atoms with van der Waals surface area (Å²) in [7, 11) is 0. The Morgan fingerprint density at radius 2 is 0.705 bits per heavy atom. The van der Waals surface area contributed by atoms with Gasteiger partial charge in [0, 0.05) is 67.9 Å². The molecule has 2 unspecified atom stereocenters. The molecule has 1 saturated carbocycles. The topological polar surface area (TPSA) is 4.93 Å². The standard InChI is InChI=1S/C102H79NS2/c1-2-24-66(25-3-1)99-83-34-12-14-36-85(83)100(86-37-15-13-35-84(86)99)67-42-48-74(49-43-67)103-95-50-44-70(87-58-72(81-40-18-28-64-22-6-10-32-77(64)81)60-93-91-56-68(46-52-97(91)104-101(87)93)79-38-16-26-62-20-4-8-30-75(62)79)54-89(95)90-55-71(45-51-96(90)103)88-59-73(82-41-19-29-65-23-7-11-33-78(65)82)61-94-92-57-69(47-53-98(92)105-102(88)94)80-39-17-27-63-21-5-9-31-76(63)80/h1-3,12-19,24-29,34-62,75H,4-11,20-23,30-33H2. The summed E-state index contributed by atoms with van der Waals surface area (Å²) in [5, 5.41) is 13.0. The summed E-state index contributed by atoms with van der Waals surface area (Å²) in [4.78, 5) is 0. The van der Waals surface area contributed by atoms with Crippen molar-refractivity contribution in [3.05, 3.63) is 312 Å². The van der Waals surface area contributed by atoms with Crippen LogP contribution < -0.4 is 0 Å². The van der Waals surface area contributed by atoms with Crippen molar-refractivity contribution in [2.75, 3.05) is 0 Å². The summed E-state index contributed by atoms with van der Waals surface area (Å²) in [5.74, 6) is 1.23. The first-order valence-corrected chi connectivity index (χ1v) is 40.6. The molecule has 504 valence electrons. The Labute approximate surface area is 622 Å². The van der Waals surface area contributed by atoms with E-state index in [1.165, 1.54) is 266 Å². The number of aryl methyl sites for hydroxylation is 3. The molecule has 3 heterocycles. The first-order chi connectivity index (χ1) is 52.0. The average molecular weight is 1380 g/mol. The smallest absolute Gasteiger partial charge is 0.0541 e. The maximum absolute atomic E-state index is 2.58. The maximum Gasteiger partial charge on any atom is 0.0541 e. The van der Waals surface area contributed by atoms with E-state index in [0.29, 0.717) is 11.8 Å². The zero-order valence-electron chi connectivity index (χ0n) is 59.2. The van der Waals surface area contributed by atoms with E-state index in [1.54, 1.807) is 11.1 Å². The van der Waals surface area contributed by atoms with Crippen LogP contribution in [0.2, 0.25) is 0 Å². The molecule has 14 aromatic carbocycles. The lowest BCUT2D eigenvalue weighted by molar-refractivity contribution is 0.344. The minimum absolute atomic E-state index is 0.589. The molecule has 0 N–H and O–H groups in total. The Morgan fingerprint density at radius 3 is 1.24 bits per heavy atom. The number of aromatic nitrogens is 1. The molecule has 1 nitrogen and oxygen atoms in total. The van der Waals surface area contributed by atoms with Gasteiger partial charge in [-0.15, -0.1) is 22.7 Å². The second-order valence-corrected chi connectivity index (χ2v) is 33.1. The molecule has 0 radical (unpaired) electrons. The molecule has 3 aromatic heterocycles. The van der Waals surface area contributed by atoms with Crippen LogP contribution in [0.3, 0.4) is 0 Å². The molecule has 17 aromatic rings. The Kier molecular flexibility index (Phi) is 14.7. The molecule has 5 aliphatic rings. The SMILES string of the molecule is C1=CC2CCCCC2C(c2ccc3sc4c(-c5ccc6c(c5)c5cc(-c7cc(-c8cccc9c8CCCC9)cc8c7sc7ccc(-c9cccc%10c9CCCC%10)cc78)ccc5n6-c5ccc(-c6c7ccccc7c(-c7ccccc7)c7ccccc67)cc5)cc(-c5cccc6c5CCCC6)cc4c3c2)=C1. The van der Waals surface area contributed by atoms with E-state index >= 15 is 0 Å². The van der Waals surface area contributed by atoms with Crippen LogP contribution in [-0.4, -0.2) is 4.57 Å². The number of rotatable bonds is 9. The van der Waals surface area contributed by atoms with E-state index < -0.39 is 0 Å². The summed E-state index contributed by atoms with van der Waals surface area (Å²) >= 11 is 3.96. The zero-order chi connectivity index (χ0) is 68.8. The largest absolute Gasteiger partial charge is 0.309 e. The number of allylic oxidation sites excluding steroid dienone is 4. The number of hydrogen-bond donors (Lipinski definition) is 0. The number of fused-ring (bicyclic) bond motifs is 15. The van der Waals surface area contributed by atoms with Gasteiger partial charge in [0.05, 0.1) is 11.0 Å². The van der Waals surface area contributed by atoms with E-state index in [1.807, 2.05) is 22.7 Å². The summed E-state index contributed by atoms with van der Waals surface area (Å²) < 4.78 is 7.98. The van der Waals surface area contributed by atoms with Crippen LogP contribution >= 0.6 is 22.7 Å². The van der Waals surface area contributed by atoms with Gasteiger partial charge in [0.15, 0.2) is 0 Å². The number of thiophene rings is 2. The van der Waals surface area contributed by atoms with Crippen LogP contribution in [0.25, 0.3) is 173 Å². The quantitative estimate of drug-likeness (QED) is 0.127. The van der Waals surface area contributed by atoms with Crippen LogP contribution in [0.4, 0.5) is 0 Å². The Bertz CT molecular complexity index is 6480. The molecule has 2 atom stereocenters. The predicted octanol–water partition coefficient (Wildman–Crippen LogP) is 28.9. The predicted molar refractivity (Wildman–Crippen MR) is 452 cm³/mol. The lowest BCUT2D eigenvalue weighted by atomic mass is 9.71. The van der Waals surface area contributed by atoms with Gasteiger partial charge in [0.1, 0.15) is 0 Å². The maximum atomic E-state index is 2.58. The number of benzene rings is 14. The van der Waals surface area contributed by atoms with Crippen molar-refractivity contribution in [2.24, 2.45) is 11.8 Å². The number of nitrogens with zero attached hydrogens (tertiary/aromatic N) is 1. The first kappa shape index (κ1) is 61.8. The third kappa shape index (κ3) is 10.1. The fourth-order valence-corrected chi connectivity index (χ4v) is 22.7. The van der Waals surface area contributed by atoms with Crippen molar-refractivity contribution in [1.82, 2.24) is 4.57 Å². The molecular formula is C102H79NS2. The van der Waals surface area contributed by atoms with Crippen LogP contribution in [0, 0.1) is 11.8 Å².